The molecule has 5 nitrogen and oxygen atoms in total. The summed E-state index contributed by atoms with van der Waals surface area (Å²) in [6.45, 7) is 3.69. The second kappa shape index (κ2) is 8.96. The van der Waals surface area contributed by atoms with E-state index in [1.54, 1.807) is 16.8 Å². The summed E-state index contributed by atoms with van der Waals surface area (Å²) in [6.07, 6.45) is 7.57. The van der Waals surface area contributed by atoms with Crippen LogP contribution < -0.4 is 5.43 Å². The van der Waals surface area contributed by atoms with E-state index in [1.807, 2.05) is 18.0 Å². The molecular weight excluding hydrogens is 542 g/mol. The van der Waals surface area contributed by atoms with Crippen LogP contribution in [0.4, 0.5) is 0 Å². The summed E-state index contributed by atoms with van der Waals surface area (Å²) in [6, 6.07) is 5.32. The molecule has 1 aromatic heterocycles. The van der Waals surface area contributed by atoms with Crippen molar-refractivity contribution in [2.75, 3.05) is 13.1 Å². The van der Waals surface area contributed by atoms with Gasteiger partial charge in [-0.2, -0.15) is 0 Å². The molecule has 154 valence electrons. The minimum absolute atomic E-state index is 0.180. The Morgan fingerprint density at radius 3 is 2.62 bits per heavy atom. The zero-order valence-electron chi connectivity index (χ0n) is 15.8. The molecule has 2 aromatic rings. The predicted molar refractivity (Wildman–Crippen MR) is 125 cm³/mol. The second-order valence-electron chi connectivity index (χ2n) is 7.04. The van der Waals surface area contributed by atoms with Crippen LogP contribution in [0.1, 0.15) is 41.0 Å². The van der Waals surface area contributed by atoms with E-state index in [0.29, 0.717) is 21.4 Å². The predicted octanol–water partition coefficient (Wildman–Crippen LogP) is 4.38. The Balaban J connectivity index is 1.75. The van der Waals surface area contributed by atoms with Crippen molar-refractivity contribution in [1.29, 1.82) is 0 Å². The van der Waals surface area contributed by atoms with Crippen LogP contribution in [0, 0.1) is 6.92 Å². The summed E-state index contributed by atoms with van der Waals surface area (Å²) in [5.74, 6) is -0.180. The van der Waals surface area contributed by atoms with Crippen molar-refractivity contribution in [3.63, 3.8) is 0 Å². The van der Waals surface area contributed by atoms with E-state index in [2.05, 4.69) is 33.5 Å². The average Bonchev–Trinajstić information content (AvgIpc) is 3.25. The first-order valence-electron chi connectivity index (χ1n) is 9.40. The molecule has 3 heterocycles. The summed E-state index contributed by atoms with van der Waals surface area (Å²) in [5.41, 5.74) is 5.95. The Bertz CT molecular complexity index is 1030. The summed E-state index contributed by atoms with van der Waals surface area (Å²) in [5, 5.41) is 7.74. The van der Waals surface area contributed by atoms with Crippen molar-refractivity contribution in [1.82, 2.24) is 20.2 Å². The Labute approximate surface area is 194 Å². The van der Waals surface area contributed by atoms with Gasteiger partial charge >= 0.3 is 195 Å². The third-order valence-corrected chi connectivity index (χ3v) is 9.09. The maximum atomic E-state index is 13.0. The first kappa shape index (κ1) is 21.2. The molecule has 4 rings (SSSR count). The fourth-order valence-corrected chi connectivity index (χ4v) is 7.40. The van der Waals surface area contributed by atoms with Gasteiger partial charge in [-0.25, -0.2) is 0 Å². The molecule has 0 atom stereocenters. The fourth-order valence-electron chi connectivity index (χ4n) is 3.56. The number of allylic oxidation sites excluding steroid dienone is 2. The molecule has 1 saturated heterocycles. The fraction of sp³-hybridized carbons (Fsp3) is 0.300. The number of hydrogen-bond donors (Lipinski definition) is 1. The van der Waals surface area contributed by atoms with E-state index in [9.17, 15) is 4.79 Å². The van der Waals surface area contributed by atoms with Crippen LogP contribution in [0.3, 0.4) is 0 Å². The number of rotatable bonds is 4. The van der Waals surface area contributed by atoms with Crippen molar-refractivity contribution in [2.45, 2.75) is 26.2 Å². The molecule has 2 aliphatic heterocycles. The molecule has 2 aliphatic rings. The number of amides is 1. The minimum atomic E-state index is -0.515. The SMILES string of the molecule is Cc1c(C(=O)NN2CCCCC2)nn(-c2ccc(Cl)cc2Cl)c1C1=CC=C(Br)[SeH2]1. The molecule has 1 N–H and O–H groups in total. The average molecular weight is 563 g/mol. The van der Waals surface area contributed by atoms with Crippen molar-refractivity contribution >= 4 is 64.5 Å². The molecule has 9 heteroatoms. The molecule has 0 aliphatic carbocycles. The number of piperidine rings is 1. The van der Waals surface area contributed by atoms with Gasteiger partial charge in [-0.3, -0.25) is 0 Å². The second-order valence-corrected chi connectivity index (χ2v) is 13.1. The van der Waals surface area contributed by atoms with E-state index in [4.69, 9.17) is 28.3 Å². The zero-order valence-corrected chi connectivity index (χ0v) is 21.0. The van der Waals surface area contributed by atoms with Gasteiger partial charge in [0.1, 0.15) is 0 Å². The molecule has 0 saturated carbocycles. The maximum absolute atomic E-state index is 13.0. The molecule has 0 unspecified atom stereocenters. The van der Waals surface area contributed by atoms with E-state index in [-0.39, 0.29) is 5.91 Å². The number of carbonyl (C=O) groups excluding carboxylic acids is 1. The number of aromatic nitrogens is 2. The monoisotopic (exact) mass is 562 g/mol. The first-order chi connectivity index (χ1) is 13.9. The van der Waals surface area contributed by atoms with Gasteiger partial charge < -0.3 is 0 Å². The summed E-state index contributed by atoms with van der Waals surface area (Å²) >= 11 is 15.7. The van der Waals surface area contributed by atoms with E-state index in [1.165, 1.54) is 14.3 Å². The van der Waals surface area contributed by atoms with Crippen molar-refractivity contribution < 1.29 is 4.79 Å². The standard InChI is InChI=1S/C20H21BrCl2N4OSe/c1-12-18(20(28)25-26-9-3-2-4-10-26)24-27(15-6-5-13(22)11-14(15)23)19(12)16-7-8-17(21)29-16/h5-8,11H,2-4,9-10,29H2,1H3,(H,25,28). The number of nitrogens with one attached hydrogen (secondary N) is 1. The molecule has 29 heavy (non-hydrogen) atoms. The molecule has 0 bridgehead atoms. The van der Waals surface area contributed by atoms with Gasteiger partial charge in [-0.15, -0.1) is 0 Å². The van der Waals surface area contributed by atoms with Gasteiger partial charge in [0.05, 0.1) is 0 Å². The van der Waals surface area contributed by atoms with Gasteiger partial charge in [-0.05, 0) is 0 Å². The topological polar surface area (TPSA) is 50.2 Å². The van der Waals surface area contributed by atoms with E-state index < -0.39 is 15.0 Å². The molecule has 1 fully saturated rings. The Morgan fingerprint density at radius 2 is 1.97 bits per heavy atom. The Hall–Kier alpha value is -1.08. The summed E-state index contributed by atoms with van der Waals surface area (Å²) in [7, 11) is 0. The van der Waals surface area contributed by atoms with Crippen molar-refractivity contribution in [3.8, 4) is 5.69 Å². The van der Waals surface area contributed by atoms with Crippen LogP contribution in [0.2, 0.25) is 10.0 Å². The van der Waals surface area contributed by atoms with Gasteiger partial charge in [-0.1, -0.05) is 0 Å². The van der Waals surface area contributed by atoms with Crippen LogP contribution in [0.15, 0.2) is 33.7 Å². The quantitative estimate of drug-likeness (QED) is 0.563. The van der Waals surface area contributed by atoms with Crippen LogP contribution in [-0.2, 0) is 0 Å². The van der Waals surface area contributed by atoms with Crippen molar-refractivity contribution in [3.05, 3.63) is 60.7 Å². The molecule has 1 amide bonds. The van der Waals surface area contributed by atoms with Crippen molar-refractivity contribution in [2.24, 2.45) is 0 Å². The number of nitrogens with zero attached hydrogens (tertiary/aromatic N) is 3. The van der Waals surface area contributed by atoms with Gasteiger partial charge in [0, 0.05) is 0 Å². The Kier molecular flexibility index (Phi) is 6.54. The van der Waals surface area contributed by atoms with Gasteiger partial charge in [0.2, 0.25) is 0 Å². The van der Waals surface area contributed by atoms with Crippen LogP contribution in [0.5, 0.6) is 0 Å². The summed E-state index contributed by atoms with van der Waals surface area (Å²) in [4.78, 5) is 13.0. The molecule has 0 radical (unpaired) electrons. The van der Waals surface area contributed by atoms with E-state index in [0.717, 1.165) is 37.2 Å². The van der Waals surface area contributed by atoms with Crippen LogP contribution in [-0.4, -0.2) is 48.7 Å². The third-order valence-electron chi connectivity index (χ3n) is 5.00. The first-order valence-corrected chi connectivity index (χ1v) is 13.0. The number of hydrogen-bond acceptors (Lipinski definition) is 3. The molecular formula is C20H21BrCl2N4OSe. The molecule has 1 aromatic carbocycles. The van der Waals surface area contributed by atoms with Gasteiger partial charge in [0.15, 0.2) is 0 Å². The van der Waals surface area contributed by atoms with E-state index >= 15 is 0 Å². The third kappa shape index (κ3) is 4.50. The van der Waals surface area contributed by atoms with Gasteiger partial charge in [0.25, 0.3) is 0 Å². The number of halogens is 3. The zero-order chi connectivity index (χ0) is 20.5. The number of carbonyl (C=O) groups is 1. The van der Waals surface area contributed by atoms with Crippen LogP contribution >= 0.6 is 39.1 Å². The normalized spacial score (nSPS) is 18.6. The number of hydrazine groups is 1. The Morgan fingerprint density at radius 1 is 1.21 bits per heavy atom. The number of benzene rings is 1. The summed E-state index contributed by atoms with van der Waals surface area (Å²) < 4.78 is 4.19. The van der Waals surface area contributed by atoms with Crippen LogP contribution in [0.25, 0.3) is 10.2 Å². The molecule has 0 spiro atoms.